The van der Waals surface area contributed by atoms with Gasteiger partial charge in [0.25, 0.3) is 5.56 Å². The van der Waals surface area contributed by atoms with Crippen molar-refractivity contribution in [3.8, 4) is 16.9 Å². The van der Waals surface area contributed by atoms with Crippen LogP contribution < -0.4 is 10.3 Å². The smallest absolute Gasteiger partial charge is 0.481 e. The molecule has 1 aromatic heterocycles. The lowest BCUT2D eigenvalue weighted by molar-refractivity contribution is -0.274. The van der Waals surface area contributed by atoms with Crippen molar-refractivity contribution in [1.29, 1.82) is 0 Å². The van der Waals surface area contributed by atoms with Gasteiger partial charge in [-0.25, -0.2) is 0 Å². The SMILES string of the molecule is O=C(O)Cc1ccc(-c2ccccc2OC(F)(F)F)c(=O)[nH]1. The second-order valence-corrected chi connectivity index (χ2v) is 4.34. The van der Waals surface area contributed by atoms with E-state index in [2.05, 4.69) is 9.72 Å². The summed E-state index contributed by atoms with van der Waals surface area (Å²) in [5.41, 5.74) is -0.635. The lowest BCUT2D eigenvalue weighted by Gasteiger charge is -2.13. The van der Waals surface area contributed by atoms with Crippen molar-refractivity contribution in [1.82, 2.24) is 4.98 Å². The summed E-state index contributed by atoms with van der Waals surface area (Å²) in [5.74, 6) is -1.64. The first kappa shape index (κ1) is 15.6. The van der Waals surface area contributed by atoms with Crippen molar-refractivity contribution in [2.45, 2.75) is 12.8 Å². The van der Waals surface area contributed by atoms with Crippen LogP contribution in [0.3, 0.4) is 0 Å². The second-order valence-electron chi connectivity index (χ2n) is 4.34. The number of halogens is 3. The molecule has 2 rings (SSSR count). The zero-order valence-corrected chi connectivity index (χ0v) is 11.0. The van der Waals surface area contributed by atoms with E-state index in [-0.39, 0.29) is 16.8 Å². The molecule has 5 nitrogen and oxygen atoms in total. The first-order chi connectivity index (χ1) is 10.3. The number of carbonyl (C=O) groups is 1. The summed E-state index contributed by atoms with van der Waals surface area (Å²) in [7, 11) is 0. The van der Waals surface area contributed by atoms with Crippen molar-refractivity contribution in [3.63, 3.8) is 0 Å². The average molecular weight is 313 g/mol. The minimum Gasteiger partial charge on any atom is -0.481 e. The molecule has 0 saturated carbocycles. The van der Waals surface area contributed by atoms with E-state index in [0.29, 0.717) is 0 Å². The molecule has 2 N–H and O–H groups in total. The lowest BCUT2D eigenvalue weighted by Crippen LogP contribution is -2.19. The van der Waals surface area contributed by atoms with E-state index in [1.807, 2.05) is 0 Å². The molecule has 0 unspecified atom stereocenters. The van der Waals surface area contributed by atoms with Crippen molar-refractivity contribution in [3.05, 3.63) is 52.4 Å². The van der Waals surface area contributed by atoms with Gasteiger partial charge in [0.05, 0.1) is 12.0 Å². The number of para-hydroxylation sites is 1. The van der Waals surface area contributed by atoms with Gasteiger partial charge >= 0.3 is 12.3 Å². The number of carboxylic acids is 1. The fourth-order valence-corrected chi connectivity index (χ4v) is 1.90. The summed E-state index contributed by atoms with van der Waals surface area (Å²) in [6.07, 6.45) is -5.28. The molecule has 0 aliphatic carbocycles. The van der Waals surface area contributed by atoms with E-state index in [1.54, 1.807) is 0 Å². The highest BCUT2D eigenvalue weighted by molar-refractivity contribution is 5.71. The molecule has 0 amide bonds. The summed E-state index contributed by atoms with van der Waals surface area (Å²) in [6, 6.07) is 7.79. The molecule has 1 aromatic carbocycles. The number of aromatic nitrogens is 1. The molecule has 0 aliphatic rings. The maximum absolute atomic E-state index is 12.4. The van der Waals surface area contributed by atoms with Crippen molar-refractivity contribution in [2.75, 3.05) is 0 Å². The summed E-state index contributed by atoms with van der Waals surface area (Å²) < 4.78 is 41.0. The Morgan fingerprint density at radius 3 is 2.41 bits per heavy atom. The number of pyridine rings is 1. The number of hydrogen-bond acceptors (Lipinski definition) is 3. The van der Waals surface area contributed by atoms with E-state index in [4.69, 9.17) is 5.11 Å². The van der Waals surface area contributed by atoms with Gasteiger partial charge in [-0.15, -0.1) is 13.2 Å². The van der Waals surface area contributed by atoms with Gasteiger partial charge in [0.1, 0.15) is 5.75 Å². The minimum absolute atomic E-state index is 0.0389. The third-order valence-electron chi connectivity index (χ3n) is 2.71. The van der Waals surface area contributed by atoms with Crippen LogP contribution in [0, 0.1) is 0 Å². The van der Waals surface area contributed by atoms with Crippen LogP contribution in [-0.4, -0.2) is 22.4 Å². The van der Waals surface area contributed by atoms with Gasteiger partial charge in [-0.05, 0) is 18.2 Å². The maximum atomic E-state index is 12.4. The van der Waals surface area contributed by atoms with Crippen molar-refractivity contribution < 1.29 is 27.8 Å². The Bertz CT molecular complexity index is 752. The average Bonchev–Trinajstić information content (AvgIpc) is 2.37. The molecule has 0 aliphatic heterocycles. The van der Waals surface area contributed by atoms with Crippen LogP contribution in [0.15, 0.2) is 41.2 Å². The molecule has 0 radical (unpaired) electrons. The Balaban J connectivity index is 2.44. The second kappa shape index (κ2) is 5.92. The van der Waals surface area contributed by atoms with Gasteiger partial charge in [0.15, 0.2) is 0 Å². The largest absolute Gasteiger partial charge is 0.573 e. The summed E-state index contributed by atoms with van der Waals surface area (Å²) >= 11 is 0. The van der Waals surface area contributed by atoms with Gasteiger partial charge < -0.3 is 14.8 Å². The zero-order valence-electron chi connectivity index (χ0n) is 11.0. The predicted molar refractivity (Wildman–Crippen MR) is 70.5 cm³/mol. The standard InChI is InChI=1S/C14H10F3NO4/c15-14(16,17)22-11-4-2-1-3-9(11)10-6-5-8(7-12(19)20)18-13(10)21/h1-6H,7H2,(H,18,21)(H,19,20). The summed E-state index contributed by atoms with van der Waals surface area (Å²) in [6.45, 7) is 0. The number of hydrogen-bond donors (Lipinski definition) is 2. The molecule has 116 valence electrons. The van der Waals surface area contributed by atoms with E-state index < -0.39 is 30.1 Å². The third-order valence-corrected chi connectivity index (χ3v) is 2.71. The molecular formula is C14H10F3NO4. The molecule has 0 spiro atoms. The molecule has 0 atom stereocenters. The van der Waals surface area contributed by atoms with Crippen LogP contribution in [0.5, 0.6) is 5.75 Å². The van der Waals surface area contributed by atoms with Crippen LogP contribution in [0.25, 0.3) is 11.1 Å². The number of H-pyrrole nitrogens is 1. The van der Waals surface area contributed by atoms with E-state index in [1.165, 1.54) is 30.3 Å². The van der Waals surface area contributed by atoms with Gasteiger partial charge in [-0.1, -0.05) is 18.2 Å². The van der Waals surface area contributed by atoms with Gasteiger partial charge in [0.2, 0.25) is 0 Å². The number of aromatic amines is 1. The Hall–Kier alpha value is -2.77. The highest BCUT2D eigenvalue weighted by Gasteiger charge is 2.32. The topological polar surface area (TPSA) is 79.4 Å². The summed E-state index contributed by atoms with van der Waals surface area (Å²) in [5, 5.41) is 8.65. The number of alkyl halides is 3. The Morgan fingerprint density at radius 2 is 1.82 bits per heavy atom. The molecule has 0 fully saturated rings. The molecular weight excluding hydrogens is 303 g/mol. The minimum atomic E-state index is -4.88. The lowest BCUT2D eigenvalue weighted by atomic mass is 10.1. The first-order valence-corrected chi connectivity index (χ1v) is 6.05. The highest BCUT2D eigenvalue weighted by Crippen LogP contribution is 2.31. The number of aliphatic carboxylic acids is 1. The highest BCUT2D eigenvalue weighted by atomic mass is 19.4. The van der Waals surface area contributed by atoms with E-state index >= 15 is 0 Å². The quantitative estimate of drug-likeness (QED) is 0.909. The number of ether oxygens (including phenoxy) is 1. The number of nitrogens with one attached hydrogen (secondary N) is 1. The van der Waals surface area contributed by atoms with E-state index in [9.17, 15) is 22.8 Å². The van der Waals surface area contributed by atoms with Crippen LogP contribution in [0.2, 0.25) is 0 Å². The van der Waals surface area contributed by atoms with Gasteiger partial charge in [-0.2, -0.15) is 0 Å². The molecule has 1 heterocycles. The normalized spacial score (nSPS) is 11.2. The Kier molecular flexibility index (Phi) is 4.20. The fourth-order valence-electron chi connectivity index (χ4n) is 1.90. The van der Waals surface area contributed by atoms with Crippen LogP contribution >= 0.6 is 0 Å². The van der Waals surface area contributed by atoms with Crippen LogP contribution in [0.1, 0.15) is 5.69 Å². The van der Waals surface area contributed by atoms with Crippen molar-refractivity contribution >= 4 is 5.97 Å². The zero-order chi connectivity index (χ0) is 16.3. The molecule has 8 heteroatoms. The number of benzene rings is 1. The van der Waals surface area contributed by atoms with E-state index in [0.717, 1.165) is 6.07 Å². The van der Waals surface area contributed by atoms with Crippen LogP contribution in [0.4, 0.5) is 13.2 Å². The van der Waals surface area contributed by atoms with Gasteiger partial charge in [0, 0.05) is 11.3 Å². The summed E-state index contributed by atoms with van der Waals surface area (Å²) in [4.78, 5) is 24.9. The maximum Gasteiger partial charge on any atom is 0.573 e. The molecule has 0 saturated heterocycles. The monoisotopic (exact) mass is 313 g/mol. The van der Waals surface area contributed by atoms with Crippen LogP contribution in [-0.2, 0) is 11.2 Å². The Morgan fingerprint density at radius 1 is 1.14 bits per heavy atom. The van der Waals surface area contributed by atoms with Crippen molar-refractivity contribution in [2.24, 2.45) is 0 Å². The predicted octanol–water partition coefficient (Wildman–Crippen LogP) is 2.57. The molecule has 22 heavy (non-hydrogen) atoms. The molecule has 2 aromatic rings. The number of rotatable bonds is 4. The van der Waals surface area contributed by atoms with Gasteiger partial charge in [-0.3, -0.25) is 9.59 Å². The third kappa shape index (κ3) is 3.87. The Labute approximate surface area is 122 Å². The molecule has 0 bridgehead atoms. The fraction of sp³-hybridized carbons (Fsp3) is 0.143. The number of carboxylic acid groups (broad SMARTS) is 1. The first-order valence-electron chi connectivity index (χ1n) is 6.05.